The number of amides is 1. The molecule has 0 radical (unpaired) electrons. The van der Waals surface area contributed by atoms with Gasteiger partial charge in [0.15, 0.2) is 0 Å². The van der Waals surface area contributed by atoms with E-state index in [0.717, 1.165) is 12.1 Å². The van der Waals surface area contributed by atoms with E-state index in [4.69, 9.17) is 11.6 Å². The summed E-state index contributed by atoms with van der Waals surface area (Å²) in [4.78, 5) is 23.5. The minimum Gasteiger partial charge on any atom is -0.377 e. The lowest BCUT2D eigenvalue weighted by Crippen LogP contribution is -2.34. The first kappa shape index (κ1) is 18.8. The molecule has 2 N–H and O–H groups in total. The van der Waals surface area contributed by atoms with Crippen molar-refractivity contribution < 1.29 is 22.8 Å². The van der Waals surface area contributed by atoms with Gasteiger partial charge in [0, 0.05) is 12.2 Å². The number of hydrogen-bond donors (Lipinski definition) is 2. The largest absolute Gasteiger partial charge is 0.417 e. The van der Waals surface area contributed by atoms with E-state index in [9.17, 15) is 22.8 Å². The second kappa shape index (κ2) is 8.02. The second-order valence-electron chi connectivity index (χ2n) is 5.14. The Balaban J connectivity index is 1.90. The molecule has 2 aromatic rings. The lowest BCUT2D eigenvalue weighted by Gasteiger charge is -2.11. The highest BCUT2D eigenvalue weighted by atomic mass is 35.5. The zero-order chi connectivity index (χ0) is 18.4. The Bertz CT molecular complexity index is 764. The van der Waals surface area contributed by atoms with Crippen molar-refractivity contribution in [3.63, 3.8) is 0 Å². The third-order valence-corrected chi connectivity index (χ3v) is 3.60. The van der Waals surface area contributed by atoms with E-state index in [0.29, 0.717) is 5.69 Å². The van der Waals surface area contributed by atoms with Gasteiger partial charge in [-0.25, -0.2) is 0 Å². The highest BCUT2D eigenvalue weighted by Crippen LogP contribution is 2.35. The first-order valence-electron chi connectivity index (χ1n) is 7.23. The molecule has 2 rings (SSSR count). The first-order chi connectivity index (χ1) is 11.8. The molecule has 132 valence electrons. The van der Waals surface area contributed by atoms with Crippen LogP contribution in [-0.4, -0.2) is 18.2 Å². The van der Waals surface area contributed by atoms with Crippen LogP contribution in [0, 0.1) is 0 Å². The molecule has 25 heavy (non-hydrogen) atoms. The van der Waals surface area contributed by atoms with Crippen LogP contribution in [0.5, 0.6) is 0 Å². The number of anilines is 1. The van der Waals surface area contributed by atoms with Gasteiger partial charge in [0.1, 0.15) is 0 Å². The van der Waals surface area contributed by atoms with Gasteiger partial charge in [-0.15, -0.1) is 0 Å². The van der Waals surface area contributed by atoms with Gasteiger partial charge in [0.25, 0.3) is 5.91 Å². The van der Waals surface area contributed by atoms with E-state index in [2.05, 4.69) is 10.6 Å². The molecule has 0 bridgehead atoms. The van der Waals surface area contributed by atoms with Crippen LogP contribution in [0.4, 0.5) is 18.9 Å². The molecule has 0 aliphatic rings. The topological polar surface area (TPSA) is 58.2 Å². The lowest BCUT2D eigenvalue weighted by atomic mass is 10.1. The lowest BCUT2D eigenvalue weighted by molar-refractivity contribution is -0.137. The summed E-state index contributed by atoms with van der Waals surface area (Å²) >= 11 is 5.52. The summed E-state index contributed by atoms with van der Waals surface area (Å²) in [5, 5.41) is 4.65. The van der Waals surface area contributed by atoms with Crippen LogP contribution in [0.3, 0.4) is 0 Å². The van der Waals surface area contributed by atoms with Crippen LogP contribution in [0.1, 0.15) is 11.1 Å². The maximum absolute atomic E-state index is 12.8. The average Bonchev–Trinajstić information content (AvgIpc) is 2.58. The summed E-state index contributed by atoms with van der Waals surface area (Å²) in [5.41, 5.74) is -0.122. The molecule has 8 heteroatoms. The predicted molar refractivity (Wildman–Crippen MR) is 88.2 cm³/mol. The van der Waals surface area contributed by atoms with Gasteiger partial charge >= 0.3 is 6.18 Å². The molecule has 0 saturated heterocycles. The number of ketones is 1. The van der Waals surface area contributed by atoms with E-state index in [1.807, 2.05) is 0 Å². The zero-order valence-corrected chi connectivity index (χ0v) is 13.6. The highest BCUT2D eigenvalue weighted by Gasteiger charge is 2.33. The Morgan fingerprint density at radius 1 is 1.04 bits per heavy atom. The molecule has 0 aromatic heterocycles. The fourth-order valence-corrected chi connectivity index (χ4v) is 2.22. The van der Waals surface area contributed by atoms with Crippen LogP contribution >= 0.6 is 11.6 Å². The second-order valence-corrected chi connectivity index (χ2v) is 5.54. The average molecular weight is 371 g/mol. The molecule has 1 amide bonds. The van der Waals surface area contributed by atoms with Gasteiger partial charge in [0.2, 0.25) is 5.78 Å². The Labute approximate surface area is 147 Å². The van der Waals surface area contributed by atoms with E-state index < -0.39 is 28.5 Å². The predicted octanol–water partition coefficient (Wildman–Crippen LogP) is 3.66. The van der Waals surface area contributed by atoms with Crippen LogP contribution in [0.25, 0.3) is 0 Å². The highest BCUT2D eigenvalue weighted by molar-refractivity contribution is 6.37. The number of carbonyl (C=O) groups is 2. The number of rotatable bonds is 6. The molecule has 0 aliphatic carbocycles. The molecule has 4 nitrogen and oxygen atoms in total. The third kappa shape index (κ3) is 5.49. The fourth-order valence-electron chi connectivity index (χ4n) is 2.00. The number of Topliss-reactive ketones (excluding diaryl/α,β-unsaturated/α-hetero) is 1. The van der Waals surface area contributed by atoms with E-state index in [1.165, 1.54) is 6.07 Å². The maximum atomic E-state index is 12.8. The summed E-state index contributed by atoms with van der Waals surface area (Å²) in [5.74, 6) is -1.61. The maximum Gasteiger partial charge on any atom is 0.417 e. The number of para-hydroxylation sites is 1. The van der Waals surface area contributed by atoms with Gasteiger partial charge < -0.3 is 10.6 Å². The van der Waals surface area contributed by atoms with Crippen molar-refractivity contribution in [1.29, 1.82) is 0 Å². The van der Waals surface area contributed by atoms with Crippen molar-refractivity contribution in [2.75, 3.05) is 11.9 Å². The number of alkyl halides is 3. The van der Waals surface area contributed by atoms with Gasteiger partial charge in [-0.2, -0.15) is 13.2 Å². The number of halogens is 4. The Kier molecular flexibility index (Phi) is 6.03. The van der Waals surface area contributed by atoms with Crippen LogP contribution in [0.15, 0.2) is 48.5 Å². The van der Waals surface area contributed by atoms with E-state index >= 15 is 0 Å². The van der Waals surface area contributed by atoms with Crippen molar-refractivity contribution >= 4 is 29.0 Å². The molecule has 2 aromatic carbocycles. The van der Waals surface area contributed by atoms with Crippen molar-refractivity contribution in [3.05, 3.63) is 64.7 Å². The summed E-state index contributed by atoms with van der Waals surface area (Å²) < 4.78 is 38.3. The SMILES string of the molecule is O=C(CNc1ccccc1)C(=O)NCc1ccc(Cl)c(C(F)(F)F)c1. The minimum absolute atomic E-state index is 0.189. The van der Waals surface area contributed by atoms with E-state index in [1.54, 1.807) is 30.3 Å². The molecule has 0 atom stereocenters. The quantitative estimate of drug-likeness (QED) is 0.763. The van der Waals surface area contributed by atoms with E-state index in [-0.39, 0.29) is 18.7 Å². The van der Waals surface area contributed by atoms with Gasteiger partial charge in [-0.1, -0.05) is 35.9 Å². The van der Waals surface area contributed by atoms with Crippen molar-refractivity contribution in [2.45, 2.75) is 12.7 Å². The fraction of sp³-hybridized carbons (Fsp3) is 0.176. The number of benzene rings is 2. The Hall–Kier alpha value is -2.54. The molecule has 0 saturated carbocycles. The zero-order valence-electron chi connectivity index (χ0n) is 12.9. The Morgan fingerprint density at radius 3 is 2.36 bits per heavy atom. The van der Waals surface area contributed by atoms with Crippen LogP contribution in [-0.2, 0) is 22.3 Å². The van der Waals surface area contributed by atoms with Crippen molar-refractivity contribution in [3.8, 4) is 0 Å². The monoisotopic (exact) mass is 370 g/mol. The molecule has 0 fully saturated rings. The third-order valence-electron chi connectivity index (χ3n) is 3.27. The van der Waals surface area contributed by atoms with Crippen molar-refractivity contribution in [2.24, 2.45) is 0 Å². The summed E-state index contributed by atoms with van der Waals surface area (Å²) in [6.07, 6.45) is -4.59. The Morgan fingerprint density at radius 2 is 1.72 bits per heavy atom. The first-order valence-corrected chi connectivity index (χ1v) is 7.61. The van der Waals surface area contributed by atoms with Gasteiger partial charge in [0.05, 0.1) is 17.1 Å². The number of nitrogens with one attached hydrogen (secondary N) is 2. The molecule has 0 aliphatic heterocycles. The minimum atomic E-state index is -4.59. The van der Waals surface area contributed by atoms with Gasteiger partial charge in [-0.05, 0) is 29.8 Å². The molecule has 0 unspecified atom stereocenters. The molecular weight excluding hydrogens is 357 g/mol. The summed E-state index contributed by atoms with van der Waals surface area (Å²) in [6, 6.07) is 12.1. The van der Waals surface area contributed by atoms with Crippen LogP contribution in [0.2, 0.25) is 5.02 Å². The number of hydrogen-bond acceptors (Lipinski definition) is 3. The normalized spacial score (nSPS) is 11.0. The standard InChI is InChI=1S/C17H14ClF3N2O2/c18-14-7-6-11(8-13(14)17(19,20)21)9-23-16(25)15(24)10-22-12-4-2-1-3-5-12/h1-8,22H,9-10H2,(H,23,25). The molecular formula is C17H14ClF3N2O2. The summed E-state index contributed by atoms with van der Waals surface area (Å²) in [6.45, 7) is -0.430. The smallest absolute Gasteiger partial charge is 0.377 e. The van der Waals surface area contributed by atoms with Gasteiger partial charge in [-0.3, -0.25) is 9.59 Å². The van der Waals surface area contributed by atoms with Crippen LogP contribution < -0.4 is 10.6 Å². The molecule has 0 spiro atoms. The molecule has 0 heterocycles. The number of carbonyl (C=O) groups excluding carboxylic acids is 2. The van der Waals surface area contributed by atoms with Crippen molar-refractivity contribution in [1.82, 2.24) is 5.32 Å². The summed E-state index contributed by atoms with van der Waals surface area (Å²) in [7, 11) is 0.